The molecule has 0 saturated carbocycles. The van der Waals surface area contributed by atoms with Gasteiger partial charge in [0, 0.05) is 12.0 Å². The Hall–Kier alpha value is -1.00. The zero-order valence-corrected chi connectivity index (χ0v) is 9.93. The molecular formula is C11H15NO2S. The molecule has 1 atom stereocenters. The lowest BCUT2D eigenvalue weighted by atomic mass is 9.95. The second-order valence-corrected chi connectivity index (χ2v) is 4.21. The molecule has 0 saturated heterocycles. The summed E-state index contributed by atoms with van der Waals surface area (Å²) in [7, 11) is 1.48. The van der Waals surface area contributed by atoms with Crippen LogP contribution in [0.4, 0.5) is 0 Å². The smallest absolute Gasteiger partial charge is 0.254 e. The lowest BCUT2D eigenvalue weighted by Gasteiger charge is -2.24. The van der Waals surface area contributed by atoms with Crippen LogP contribution in [-0.4, -0.2) is 19.3 Å². The van der Waals surface area contributed by atoms with Gasteiger partial charge in [0.15, 0.2) is 5.60 Å². The number of methoxy groups -OCH3 is 1. The van der Waals surface area contributed by atoms with E-state index in [4.69, 9.17) is 10.5 Å². The van der Waals surface area contributed by atoms with E-state index in [9.17, 15) is 4.79 Å². The summed E-state index contributed by atoms with van der Waals surface area (Å²) in [5.74, 6) is -0.484. The third kappa shape index (κ3) is 2.33. The van der Waals surface area contributed by atoms with Gasteiger partial charge in [0.1, 0.15) is 0 Å². The van der Waals surface area contributed by atoms with Crippen LogP contribution >= 0.6 is 11.8 Å². The molecule has 0 radical (unpaired) electrons. The van der Waals surface area contributed by atoms with Gasteiger partial charge in [-0.1, -0.05) is 12.1 Å². The predicted molar refractivity (Wildman–Crippen MR) is 61.8 cm³/mol. The van der Waals surface area contributed by atoms with Crippen LogP contribution < -0.4 is 5.73 Å². The van der Waals surface area contributed by atoms with Gasteiger partial charge in [0.25, 0.3) is 5.91 Å². The highest BCUT2D eigenvalue weighted by atomic mass is 32.2. The maximum absolute atomic E-state index is 11.3. The standard InChI is InChI=1S/C11H15NO2S/c1-11(14-2,10(12)13)8-4-6-9(15-3)7-5-8/h4-7H,1-3H3,(H2,12,13). The first-order chi connectivity index (χ1) is 7.04. The lowest BCUT2D eigenvalue weighted by Crippen LogP contribution is -2.40. The second kappa shape index (κ2) is 4.68. The van der Waals surface area contributed by atoms with Crippen LogP contribution in [0.25, 0.3) is 0 Å². The van der Waals surface area contributed by atoms with Gasteiger partial charge in [-0.2, -0.15) is 0 Å². The van der Waals surface area contributed by atoms with Crippen molar-refractivity contribution in [2.24, 2.45) is 5.73 Å². The van der Waals surface area contributed by atoms with Crippen LogP contribution in [-0.2, 0) is 15.1 Å². The fourth-order valence-electron chi connectivity index (χ4n) is 1.27. The summed E-state index contributed by atoms with van der Waals surface area (Å²) in [6.45, 7) is 1.67. The second-order valence-electron chi connectivity index (χ2n) is 3.33. The number of hydrogen-bond donors (Lipinski definition) is 1. The quantitative estimate of drug-likeness (QED) is 0.794. The summed E-state index contributed by atoms with van der Waals surface area (Å²) in [5, 5.41) is 0. The molecule has 3 nitrogen and oxygen atoms in total. The topological polar surface area (TPSA) is 52.3 Å². The summed E-state index contributed by atoms with van der Waals surface area (Å²) >= 11 is 1.65. The molecule has 82 valence electrons. The zero-order chi connectivity index (χ0) is 11.5. The SMILES string of the molecule is COC(C)(C(N)=O)c1ccc(SC)cc1. The molecule has 0 aliphatic carbocycles. The number of hydrogen-bond acceptors (Lipinski definition) is 3. The molecule has 0 bridgehead atoms. The van der Waals surface area contributed by atoms with E-state index in [2.05, 4.69) is 0 Å². The summed E-state index contributed by atoms with van der Waals surface area (Å²) < 4.78 is 5.18. The predicted octanol–water partition coefficient (Wildman–Crippen LogP) is 1.76. The Morgan fingerprint density at radius 3 is 2.27 bits per heavy atom. The molecule has 1 unspecified atom stereocenters. The van der Waals surface area contributed by atoms with Gasteiger partial charge in [0.2, 0.25) is 0 Å². The highest BCUT2D eigenvalue weighted by Crippen LogP contribution is 2.26. The van der Waals surface area contributed by atoms with Crippen molar-refractivity contribution in [2.75, 3.05) is 13.4 Å². The number of carbonyl (C=O) groups excluding carboxylic acids is 1. The Morgan fingerprint density at radius 2 is 1.93 bits per heavy atom. The van der Waals surface area contributed by atoms with E-state index in [1.54, 1.807) is 18.7 Å². The first kappa shape index (κ1) is 12.1. The Bertz CT molecular complexity index is 350. The van der Waals surface area contributed by atoms with Crippen LogP contribution in [0.5, 0.6) is 0 Å². The molecule has 2 N–H and O–H groups in total. The van der Waals surface area contributed by atoms with Crippen LogP contribution in [0.3, 0.4) is 0 Å². The maximum Gasteiger partial charge on any atom is 0.254 e. The number of ether oxygens (including phenoxy) is 1. The summed E-state index contributed by atoms with van der Waals surface area (Å²) in [6.07, 6.45) is 2.00. The van der Waals surface area contributed by atoms with Crippen molar-refractivity contribution in [1.82, 2.24) is 0 Å². The fourth-order valence-corrected chi connectivity index (χ4v) is 1.68. The number of amides is 1. The van der Waals surface area contributed by atoms with Gasteiger partial charge < -0.3 is 10.5 Å². The number of nitrogens with two attached hydrogens (primary N) is 1. The van der Waals surface area contributed by atoms with Crippen molar-refractivity contribution < 1.29 is 9.53 Å². The summed E-state index contributed by atoms with van der Waals surface area (Å²) in [5.41, 5.74) is 5.04. The van der Waals surface area contributed by atoms with Crippen molar-refractivity contribution in [3.05, 3.63) is 29.8 Å². The number of carbonyl (C=O) groups is 1. The highest BCUT2D eigenvalue weighted by Gasteiger charge is 2.32. The van der Waals surface area contributed by atoms with E-state index >= 15 is 0 Å². The van der Waals surface area contributed by atoms with E-state index in [1.165, 1.54) is 7.11 Å². The summed E-state index contributed by atoms with van der Waals surface area (Å²) in [6, 6.07) is 7.61. The molecule has 0 spiro atoms. The van der Waals surface area contributed by atoms with Crippen molar-refractivity contribution in [1.29, 1.82) is 0 Å². The monoisotopic (exact) mass is 225 g/mol. The van der Waals surface area contributed by atoms with Crippen LogP contribution in [0, 0.1) is 0 Å². The van der Waals surface area contributed by atoms with Crippen LogP contribution in [0.2, 0.25) is 0 Å². The van der Waals surface area contributed by atoms with E-state index in [-0.39, 0.29) is 0 Å². The van der Waals surface area contributed by atoms with Crippen molar-refractivity contribution in [2.45, 2.75) is 17.4 Å². The largest absolute Gasteiger partial charge is 0.367 e. The zero-order valence-electron chi connectivity index (χ0n) is 9.11. The maximum atomic E-state index is 11.3. The van der Waals surface area contributed by atoms with Gasteiger partial charge in [0.05, 0.1) is 0 Å². The third-order valence-electron chi connectivity index (χ3n) is 2.52. The highest BCUT2D eigenvalue weighted by molar-refractivity contribution is 7.98. The molecule has 1 rings (SSSR count). The minimum atomic E-state index is -1.04. The van der Waals surface area contributed by atoms with Crippen molar-refractivity contribution >= 4 is 17.7 Å². The van der Waals surface area contributed by atoms with Gasteiger partial charge in [-0.05, 0) is 30.9 Å². The van der Waals surface area contributed by atoms with E-state index in [0.717, 1.165) is 10.5 Å². The molecule has 0 aliphatic rings. The first-order valence-electron chi connectivity index (χ1n) is 4.54. The molecule has 15 heavy (non-hydrogen) atoms. The minimum Gasteiger partial charge on any atom is -0.367 e. The molecule has 0 fully saturated rings. The van der Waals surface area contributed by atoms with Gasteiger partial charge in [-0.15, -0.1) is 11.8 Å². The van der Waals surface area contributed by atoms with E-state index < -0.39 is 11.5 Å². The van der Waals surface area contributed by atoms with E-state index in [1.807, 2.05) is 30.5 Å². The molecule has 0 aromatic heterocycles. The first-order valence-corrected chi connectivity index (χ1v) is 5.76. The molecule has 1 aromatic carbocycles. The summed E-state index contributed by atoms with van der Waals surface area (Å²) in [4.78, 5) is 12.4. The van der Waals surface area contributed by atoms with Crippen LogP contribution in [0.15, 0.2) is 29.2 Å². The molecule has 1 amide bonds. The molecule has 1 aromatic rings. The Labute approximate surface area is 94.0 Å². The van der Waals surface area contributed by atoms with Gasteiger partial charge in [-0.3, -0.25) is 4.79 Å². The van der Waals surface area contributed by atoms with Crippen molar-refractivity contribution in [3.63, 3.8) is 0 Å². The minimum absolute atomic E-state index is 0.484. The van der Waals surface area contributed by atoms with E-state index in [0.29, 0.717) is 0 Å². The lowest BCUT2D eigenvalue weighted by molar-refractivity contribution is -0.139. The fraction of sp³-hybridized carbons (Fsp3) is 0.364. The Balaban J connectivity index is 3.08. The average Bonchev–Trinajstić information content (AvgIpc) is 2.28. The molecule has 0 heterocycles. The normalized spacial score (nSPS) is 14.6. The van der Waals surface area contributed by atoms with Gasteiger partial charge >= 0.3 is 0 Å². The number of thioether (sulfide) groups is 1. The van der Waals surface area contributed by atoms with Crippen LogP contribution in [0.1, 0.15) is 12.5 Å². The molecule has 4 heteroatoms. The Morgan fingerprint density at radius 1 is 1.40 bits per heavy atom. The van der Waals surface area contributed by atoms with Gasteiger partial charge in [-0.25, -0.2) is 0 Å². The molecular weight excluding hydrogens is 210 g/mol. The number of rotatable bonds is 4. The third-order valence-corrected chi connectivity index (χ3v) is 3.26. The Kier molecular flexibility index (Phi) is 3.77. The molecule has 0 aliphatic heterocycles. The number of benzene rings is 1. The number of primary amides is 1. The van der Waals surface area contributed by atoms with Crippen molar-refractivity contribution in [3.8, 4) is 0 Å². The average molecular weight is 225 g/mol.